The molecule has 0 aliphatic heterocycles. The first-order valence-corrected chi connectivity index (χ1v) is 14.1. The van der Waals surface area contributed by atoms with E-state index in [-0.39, 0.29) is 10.8 Å². The Morgan fingerprint density at radius 3 is 2.12 bits per heavy atom. The average Bonchev–Trinajstić information content (AvgIpc) is 3.39. The van der Waals surface area contributed by atoms with E-state index in [9.17, 15) is 0 Å². The second kappa shape index (κ2) is 10.1. The molecule has 0 bridgehead atoms. The topological polar surface area (TPSA) is 51.3 Å². The Morgan fingerprint density at radius 2 is 1.37 bits per heavy atom. The van der Waals surface area contributed by atoms with Crippen LogP contribution in [0.1, 0.15) is 58.2 Å². The van der Waals surface area contributed by atoms with Gasteiger partial charge in [-0.2, -0.15) is 0 Å². The molecule has 0 saturated carbocycles. The van der Waals surface area contributed by atoms with Gasteiger partial charge in [0.1, 0.15) is 5.52 Å². The summed E-state index contributed by atoms with van der Waals surface area (Å²) in [6.45, 7) is 13.5. The van der Waals surface area contributed by atoms with Gasteiger partial charge in [-0.25, -0.2) is 4.98 Å². The fraction of sp³-hybridized carbons (Fsp3) is 0.216. The summed E-state index contributed by atoms with van der Waals surface area (Å²) in [6.07, 6.45) is 3.78. The predicted octanol–water partition coefficient (Wildman–Crippen LogP) is 10.1. The number of nitrogens with zero attached hydrogens (tertiary/aromatic N) is 3. The number of fused-ring (bicyclic) bond motifs is 2. The van der Waals surface area contributed by atoms with E-state index in [4.69, 9.17) is 14.4 Å². The normalized spacial score (nSPS) is 12.5. The van der Waals surface area contributed by atoms with Gasteiger partial charge in [-0.3, -0.25) is 9.98 Å². The lowest BCUT2D eigenvalue weighted by atomic mass is 9.79. The van der Waals surface area contributed by atoms with Crippen molar-refractivity contribution < 1.29 is 4.42 Å². The molecule has 4 aromatic carbocycles. The van der Waals surface area contributed by atoms with Gasteiger partial charge in [-0.05, 0) is 75.5 Å². The number of hydrogen-bond acceptors (Lipinski definition) is 4. The molecule has 0 unspecified atom stereocenters. The van der Waals surface area contributed by atoms with Crippen molar-refractivity contribution >= 4 is 33.9 Å². The molecule has 0 fully saturated rings. The Kier molecular flexibility index (Phi) is 6.57. The molecule has 0 aliphatic rings. The summed E-state index contributed by atoms with van der Waals surface area (Å²) >= 11 is 0. The predicted molar refractivity (Wildman–Crippen MR) is 171 cm³/mol. The molecule has 0 N–H and O–H groups in total. The Bertz CT molecular complexity index is 1880. The van der Waals surface area contributed by atoms with Gasteiger partial charge in [0.25, 0.3) is 0 Å². The third-order valence-corrected chi connectivity index (χ3v) is 7.53. The maximum absolute atomic E-state index is 6.35. The number of pyridine rings is 1. The van der Waals surface area contributed by atoms with Crippen molar-refractivity contribution in [2.75, 3.05) is 0 Å². The standard InChI is InChI=1S/C37H35N3O/c1-36(2,3)25-20-24(21-26(22-25)37(4,5)6)23-39-32-16-8-7-12-30(32)35-40-34-29(14-10-18-33(34)41-35)27-13-9-17-31-28(27)15-11-19-38-31/h7-23H,1-6H3. The number of benzene rings is 4. The molecule has 41 heavy (non-hydrogen) atoms. The Balaban J connectivity index is 1.43. The van der Waals surface area contributed by atoms with Gasteiger partial charge in [0.2, 0.25) is 5.89 Å². The van der Waals surface area contributed by atoms with Gasteiger partial charge >= 0.3 is 0 Å². The van der Waals surface area contributed by atoms with E-state index in [1.807, 2.05) is 67.0 Å². The highest BCUT2D eigenvalue weighted by molar-refractivity contribution is 6.02. The summed E-state index contributed by atoms with van der Waals surface area (Å²) in [6, 6.07) is 31.2. The second-order valence-corrected chi connectivity index (χ2v) is 12.7. The third-order valence-electron chi connectivity index (χ3n) is 7.53. The molecule has 204 valence electrons. The van der Waals surface area contributed by atoms with Crippen LogP contribution in [0.3, 0.4) is 0 Å². The van der Waals surface area contributed by atoms with Gasteiger partial charge in [-0.1, -0.05) is 90.1 Å². The molecule has 0 radical (unpaired) electrons. The molecule has 2 heterocycles. The Hall–Kier alpha value is -4.57. The van der Waals surface area contributed by atoms with Crippen molar-refractivity contribution in [2.24, 2.45) is 4.99 Å². The van der Waals surface area contributed by atoms with Crippen molar-refractivity contribution in [1.82, 2.24) is 9.97 Å². The zero-order valence-corrected chi connectivity index (χ0v) is 24.6. The molecule has 0 spiro atoms. The number of rotatable bonds is 4. The SMILES string of the molecule is CC(C)(C)c1cc(C=Nc2ccccc2-c2nc3c(-c4cccc5ncccc45)cccc3o2)cc(C(C)(C)C)c1. The van der Waals surface area contributed by atoms with Crippen LogP contribution < -0.4 is 0 Å². The van der Waals surface area contributed by atoms with E-state index in [1.54, 1.807) is 0 Å². The van der Waals surface area contributed by atoms with Crippen LogP contribution in [-0.2, 0) is 10.8 Å². The average molecular weight is 538 g/mol. The summed E-state index contributed by atoms with van der Waals surface area (Å²) < 4.78 is 6.35. The van der Waals surface area contributed by atoms with Crippen molar-refractivity contribution in [3.8, 4) is 22.6 Å². The number of oxazole rings is 1. The Labute approximate surface area is 241 Å². The number of aromatic nitrogens is 2. The van der Waals surface area contributed by atoms with E-state index < -0.39 is 0 Å². The minimum atomic E-state index is 0.0395. The van der Waals surface area contributed by atoms with Crippen LogP contribution in [0.4, 0.5) is 5.69 Å². The van der Waals surface area contributed by atoms with Crippen LogP contribution in [-0.4, -0.2) is 16.2 Å². The molecular weight excluding hydrogens is 502 g/mol. The molecular formula is C37H35N3O. The van der Waals surface area contributed by atoms with Crippen molar-refractivity contribution in [1.29, 1.82) is 0 Å². The zero-order valence-electron chi connectivity index (χ0n) is 24.6. The van der Waals surface area contributed by atoms with Crippen LogP contribution in [0.15, 0.2) is 107 Å². The summed E-state index contributed by atoms with van der Waals surface area (Å²) in [5, 5.41) is 1.09. The lowest BCUT2D eigenvalue weighted by Crippen LogP contribution is -2.17. The van der Waals surface area contributed by atoms with E-state index in [0.717, 1.165) is 49.9 Å². The van der Waals surface area contributed by atoms with Crippen LogP contribution in [0, 0.1) is 0 Å². The maximum atomic E-state index is 6.35. The van der Waals surface area contributed by atoms with Crippen LogP contribution >= 0.6 is 0 Å². The summed E-state index contributed by atoms with van der Waals surface area (Å²) in [4.78, 5) is 14.5. The quantitative estimate of drug-likeness (QED) is 0.210. The summed E-state index contributed by atoms with van der Waals surface area (Å²) in [5.41, 5.74) is 10.1. The van der Waals surface area contributed by atoms with Crippen molar-refractivity contribution in [3.63, 3.8) is 0 Å². The van der Waals surface area contributed by atoms with E-state index in [2.05, 4.69) is 82.9 Å². The zero-order chi connectivity index (χ0) is 28.8. The lowest BCUT2D eigenvalue weighted by Gasteiger charge is -2.25. The largest absolute Gasteiger partial charge is 0.436 e. The molecule has 0 atom stereocenters. The monoisotopic (exact) mass is 537 g/mol. The van der Waals surface area contributed by atoms with Crippen LogP contribution in [0.25, 0.3) is 44.6 Å². The highest BCUT2D eigenvalue weighted by Gasteiger charge is 2.21. The van der Waals surface area contributed by atoms with Gasteiger partial charge in [0.15, 0.2) is 5.58 Å². The van der Waals surface area contributed by atoms with Gasteiger partial charge in [0.05, 0.1) is 16.8 Å². The first-order chi connectivity index (χ1) is 19.6. The molecule has 0 saturated heterocycles. The van der Waals surface area contributed by atoms with E-state index >= 15 is 0 Å². The van der Waals surface area contributed by atoms with Gasteiger partial charge in [-0.15, -0.1) is 0 Å². The molecule has 4 nitrogen and oxygen atoms in total. The van der Waals surface area contributed by atoms with Crippen LogP contribution in [0.2, 0.25) is 0 Å². The van der Waals surface area contributed by atoms with E-state index in [1.165, 1.54) is 11.1 Å². The summed E-state index contributed by atoms with van der Waals surface area (Å²) in [5.74, 6) is 0.553. The first kappa shape index (κ1) is 26.6. The minimum Gasteiger partial charge on any atom is -0.436 e. The molecule has 6 aromatic rings. The molecule has 4 heteroatoms. The highest BCUT2D eigenvalue weighted by atomic mass is 16.3. The van der Waals surface area contributed by atoms with Crippen molar-refractivity contribution in [3.05, 3.63) is 114 Å². The third kappa shape index (κ3) is 5.30. The fourth-order valence-corrected chi connectivity index (χ4v) is 5.12. The summed E-state index contributed by atoms with van der Waals surface area (Å²) in [7, 11) is 0. The minimum absolute atomic E-state index is 0.0395. The maximum Gasteiger partial charge on any atom is 0.229 e. The highest BCUT2D eigenvalue weighted by Crippen LogP contribution is 2.37. The molecule has 6 rings (SSSR count). The van der Waals surface area contributed by atoms with E-state index in [0.29, 0.717) is 5.89 Å². The molecule has 0 aliphatic carbocycles. The van der Waals surface area contributed by atoms with Gasteiger partial charge < -0.3 is 4.42 Å². The second-order valence-electron chi connectivity index (χ2n) is 12.7. The smallest absolute Gasteiger partial charge is 0.229 e. The fourth-order valence-electron chi connectivity index (χ4n) is 5.12. The first-order valence-electron chi connectivity index (χ1n) is 14.1. The van der Waals surface area contributed by atoms with Gasteiger partial charge in [0, 0.05) is 23.4 Å². The molecule has 2 aromatic heterocycles. The number of aliphatic imine (C=N–C) groups is 1. The van der Waals surface area contributed by atoms with Crippen LogP contribution in [0.5, 0.6) is 0 Å². The number of para-hydroxylation sites is 2. The number of hydrogen-bond donors (Lipinski definition) is 0. The molecule has 0 amide bonds. The Morgan fingerprint density at radius 1 is 0.683 bits per heavy atom. The van der Waals surface area contributed by atoms with Crippen molar-refractivity contribution in [2.45, 2.75) is 52.4 Å². The lowest BCUT2D eigenvalue weighted by molar-refractivity contribution is 0.568.